The summed E-state index contributed by atoms with van der Waals surface area (Å²) < 4.78 is 0. The number of amides is 1. The number of hydrogen-bond acceptors (Lipinski definition) is 6. The van der Waals surface area contributed by atoms with Crippen molar-refractivity contribution >= 4 is 39.0 Å². The Morgan fingerprint density at radius 3 is 2.74 bits per heavy atom. The van der Waals surface area contributed by atoms with Crippen molar-refractivity contribution in [1.82, 2.24) is 15.4 Å². The van der Waals surface area contributed by atoms with Crippen LogP contribution in [-0.2, 0) is 0 Å². The van der Waals surface area contributed by atoms with Crippen LogP contribution in [0.2, 0.25) is 0 Å². The number of nitrogens with zero attached hydrogens (tertiary/aromatic N) is 2. The Balaban J connectivity index is 1.49. The quantitative estimate of drug-likeness (QED) is 0.359. The number of hydrogen-bond donors (Lipinski definition) is 3. The van der Waals surface area contributed by atoms with E-state index in [-0.39, 0.29) is 11.4 Å². The molecule has 0 radical (unpaired) electrons. The molecule has 134 valence electrons. The zero-order valence-corrected chi connectivity index (χ0v) is 14.6. The first kappa shape index (κ1) is 16.7. The highest BCUT2D eigenvalue weighted by molar-refractivity contribution is 7.14. The Morgan fingerprint density at radius 1 is 1.15 bits per heavy atom. The summed E-state index contributed by atoms with van der Waals surface area (Å²) in [6.45, 7) is 0. The largest absolute Gasteiger partial charge is 0.345 e. The molecule has 27 heavy (non-hydrogen) atoms. The number of rotatable bonds is 5. The Hall–Kier alpha value is -3.72. The van der Waals surface area contributed by atoms with Gasteiger partial charge in [0.15, 0.2) is 0 Å². The molecule has 0 spiro atoms. The number of H-pyrrole nitrogens is 1. The summed E-state index contributed by atoms with van der Waals surface area (Å²) in [6, 6.07) is 15.9. The second-order valence-electron chi connectivity index (χ2n) is 5.66. The van der Waals surface area contributed by atoms with Crippen molar-refractivity contribution < 1.29 is 9.72 Å². The van der Waals surface area contributed by atoms with Crippen LogP contribution in [0.5, 0.6) is 0 Å². The van der Waals surface area contributed by atoms with Crippen LogP contribution < -0.4 is 10.9 Å². The third kappa shape index (κ3) is 3.35. The van der Waals surface area contributed by atoms with Gasteiger partial charge in [-0.3, -0.25) is 25.8 Å². The molecule has 0 aliphatic carbocycles. The van der Waals surface area contributed by atoms with Crippen molar-refractivity contribution in [3.8, 4) is 11.3 Å². The minimum Gasteiger partial charge on any atom is -0.345 e. The maximum Gasteiger partial charge on any atom is 0.293 e. The van der Waals surface area contributed by atoms with Crippen molar-refractivity contribution in [3.05, 3.63) is 75.8 Å². The lowest BCUT2D eigenvalue weighted by Crippen LogP contribution is -2.29. The fourth-order valence-electron chi connectivity index (χ4n) is 2.66. The van der Waals surface area contributed by atoms with Crippen LogP contribution in [0.4, 0.5) is 10.8 Å². The van der Waals surface area contributed by atoms with Crippen LogP contribution in [0.15, 0.2) is 60.0 Å². The number of aromatic amines is 1. The SMILES string of the molecule is O=C(NNc1nc(-c2ccccc2)cs1)c1cc2cccc([N+](=O)[O-])c2[nH]1. The summed E-state index contributed by atoms with van der Waals surface area (Å²) in [5.41, 5.74) is 7.55. The molecule has 0 bridgehead atoms. The summed E-state index contributed by atoms with van der Waals surface area (Å²) in [5, 5.41) is 14.1. The van der Waals surface area contributed by atoms with Gasteiger partial charge in [-0.15, -0.1) is 11.3 Å². The van der Waals surface area contributed by atoms with E-state index in [1.54, 1.807) is 18.2 Å². The van der Waals surface area contributed by atoms with E-state index >= 15 is 0 Å². The predicted molar refractivity (Wildman–Crippen MR) is 104 cm³/mol. The molecule has 2 heterocycles. The Bertz CT molecular complexity index is 1140. The molecule has 0 aliphatic rings. The average molecular weight is 379 g/mol. The highest BCUT2D eigenvalue weighted by Crippen LogP contribution is 2.26. The zero-order valence-electron chi connectivity index (χ0n) is 13.8. The summed E-state index contributed by atoms with van der Waals surface area (Å²) in [5.74, 6) is -0.447. The van der Waals surface area contributed by atoms with Crippen LogP contribution in [0.25, 0.3) is 22.2 Å². The van der Waals surface area contributed by atoms with E-state index in [0.717, 1.165) is 11.3 Å². The van der Waals surface area contributed by atoms with Crippen LogP contribution in [0.1, 0.15) is 10.5 Å². The molecule has 8 nitrogen and oxygen atoms in total. The molecule has 0 unspecified atom stereocenters. The van der Waals surface area contributed by atoms with E-state index in [0.29, 0.717) is 16.0 Å². The number of nitro benzene ring substituents is 1. The molecule has 4 rings (SSSR count). The first-order valence-electron chi connectivity index (χ1n) is 7.95. The molecule has 1 amide bonds. The van der Waals surface area contributed by atoms with Crippen molar-refractivity contribution in [3.63, 3.8) is 0 Å². The van der Waals surface area contributed by atoms with Gasteiger partial charge in [-0.2, -0.15) is 0 Å². The number of para-hydroxylation sites is 1. The zero-order chi connectivity index (χ0) is 18.8. The van der Waals surface area contributed by atoms with Gasteiger partial charge >= 0.3 is 0 Å². The lowest BCUT2D eigenvalue weighted by Gasteiger charge is -2.03. The molecule has 2 aromatic heterocycles. The van der Waals surface area contributed by atoms with E-state index in [2.05, 4.69) is 20.8 Å². The maximum absolute atomic E-state index is 12.3. The molecule has 0 fully saturated rings. The fourth-order valence-corrected chi connectivity index (χ4v) is 3.34. The number of thiazole rings is 1. The van der Waals surface area contributed by atoms with Crippen LogP contribution in [0, 0.1) is 10.1 Å². The molecule has 0 atom stereocenters. The first-order chi connectivity index (χ1) is 13.1. The van der Waals surface area contributed by atoms with Crippen molar-refractivity contribution in [1.29, 1.82) is 0 Å². The number of aromatic nitrogens is 2. The van der Waals surface area contributed by atoms with Crippen molar-refractivity contribution in [2.45, 2.75) is 0 Å². The molecule has 0 saturated carbocycles. The molecule has 9 heteroatoms. The summed E-state index contributed by atoms with van der Waals surface area (Å²) in [7, 11) is 0. The van der Waals surface area contributed by atoms with Crippen LogP contribution >= 0.6 is 11.3 Å². The summed E-state index contributed by atoms with van der Waals surface area (Å²) in [6.07, 6.45) is 0. The third-order valence-corrected chi connectivity index (χ3v) is 4.69. The van der Waals surface area contributed by atoms with Crippen molar-refractivity contribution in [2.24, 2.45) is 0 Å². The molecule has 0 aliphatic heterocycles. The number of nitrogens with one attached hydrogen (secondary N) is 3. The van der Waals surface area contributed by atoms with E-state index in [9.17, 15) is 14.9 Å². The van der Waals surface area contributed by atoms with Gasteiger partial charge in [-0.1, -0.05) is 42.5 Å². The standard InChI is InChI=1S/C18H13N5O3S/c24-17(13-9-12-7-4-8-15(23(25)26)16(12)19-13)21-22-18-20-14(10-27-18)11-5-2-1-3-6-11/h1-10,19H,(H,20,22)(H,21,24). The molecule has 2 aromatic carbocycles. The smallest absolute Gasteiger partial charge is 0.293 e. The number of anilines is 1. The first-order valence-corrected chi connectivity index (χ1v) is 8.83. The number of nitro groups is 1. The van der Waals surface area contributed by atoms with Crippen LogP contribution in [0.3, 0.4) is 0 Å². The van der Waals surface area contributed by atoms with E-state index < -0.39 is 10.8 Å². The minimum atomic E-state index is -0.487. The number of fused-ring (bicyclic) bond motifs is 1. The number of carbonyl (C=O) groups is 1. The van der Waals surface area contributed by atoms with E-state index in [1.807, 2.05) is 35.7 Å². The topological polar surface area (TPSA) is 113 Å². The van der Waals surface area contributed by atoms with E-state index in [4.69, 9.17) is 0 Å². The maximum atomic E-state index is 12.3. The third-order valence-electron chi connectivity index (χ3n) is 3.93. The predicted octanol–water partition coefficient (Wildman–Crippen LogP) is 3.96. The number of non-ortho nitro benzene ring substituents is 1. The van der Waals surface area contributed by atoms with Gasteiger partial charge in [0.2, 0.25) is 5.13 Å². The van der Waals surface area contributed by atoms with Gasteiger partial charge in [0, 0.05) is 22.4 Å². The number of hydrazine groups is 1. The normalized spacial score (nSPS) is 10.7. The lowest BCUT2D eigenvalue weighted by atomic mass is 10.2. The van der Waals surface area contributed by atoms with Gasteiger partial charge in [-0.05, 0) is 6.07 Å². The van der Waals surface area contributed by atoms with E-state index in [1.165, 1.54) is 17.4 Å². The van der Waals surface area contributed by atoms with Gasteiger partial charge < -0.3 is 4.98 Å². The van der Waals surface area contributed by atoms with Gasteiger partial charge in [-0.25, -0.2) is 4.98 Å². The fraction of sp³-hybridized carbons (Fsp3) is 0. The second-order valence-corrected chi connectivity index (χ2v) is 6.52. The minimum absolute atomic E-state index is 0.0769. The molecule has 0 saturated heterocycles. The average Bonchev–Trinajstić information content (AvgIpc) is 3.33. The lowest BCUT2D eigenvalue weighted by molar-refractivity contribution is -0.383. The molecular weight excluding hydrogens is 366 g/mol. The van der Waals surface area contributed by atoms with Gasteiger partial charge in [0.1, 0.15) is 11.2 Å². The Labute approximate surface area is 157 Å². The molecule has 3 N–H and O–H groups in total. The Morgan fingerprint density at radius 2 is 1.96 bits per heavy atom. The van der Waals surface area contributed by atoms with Crippen molar-refractivity contribution in [2.75, 3.05) is 5.43 Å². The second kappa shape index (κ2) is 6.89. The number of carbonyl (C=O) groups excluding carboxylic acids is 1. The van der Waals surface area contributed by atoms with Gasteiger partial charge in [0.05, 0.1) is 10.6 Å². The Kier molecular flexibility index (Phi) is 4.27. The summed E-state index contributed by atoms with van der Waals surface area (Å²) >= 11 is 1.36. The van der Waals surface area contributed by atoms with Crippen LogP contribution in [-0.4, -0.2) is 20.8 Å². The summed E-state index contributed by atoms with van der Waals surface area (Å²) in [4.78, 5) is 30.2. The highest BCUT2D eigenvalue weighted by Gasteiger charge is 2.17. The number of benzene rings is 2. The van der Waals surface area contributed by atoms with Gasteiger partial charge in [0.25, 0.3) is 11.6 Å². The molecule has 4 aromatic rings. The highest BCUT2D eigenvalue weighted by atomic mass is 32.1. The molecular formula is C18H13N5O3S. The monoisotopic (exact) mass is 379 g/mol.